The highest BCUT2D eigenvalue weighted by atomic mass is 32.1. The molecule has 1 aromatic carbocycles. The quantitative estimate of drug-likeness (QED) is 0.796. The highest BCUT2D eigenvalue weighted by Gasteiger charge is 2.37. The SMILES string of the molecule is CCC1(c2cc(C=Cc3ccc(C(=O)O)c(C(=O)O)c3)cs2)OCCO1. The summed E-state index contributed by atoms with van der Waals surface area (Å²) in [6, 6.07) is 6.22. The second-order valence-electron chi connectivity index (χ2n) is 5.80. The van der Waals surface area contributed by atoms with Crippen LogP contribution in [0.15, 0.2) is 29.6 Å². The van der Waals surface area contributed by atoms with Crippen LogP contribution in [0.25, 0.3) is 12.2 Å². The number of carbonyl (C=O) groups is 2. The molecule has 1 saturated heterocycles. The third kappa shape index (κ3) is 3.55. The number of carboxylic acids is 2. The van der Waals surface area contributed by atoms with Gasteiger partial charge in [0, 0.05) is 6.42 Å². The second kappa shape index (κ2) is 7.41. The van der Waals surface area contributed by atoms with E-state index in [1.807, 2.05) is 24.4 Å². The molecule has 2 heterocycles. The molecule has 0 atom stereocenters. The Balaban J connectivity index is 1.84. The summed E-state index contributed by atoms with van der Waals surface area (Å²) < 4.78 is 11.5. The summed E-state index contributed by atoms with van der Waals surface area (Å²) >= 11 is 1.55. The fourth-order valence-electron chi connectivity index (χ4n) is 2.83. The van der Waals surface area contributed by atoms with Crippen molar-refractivity contribution in [1.82, 2.24) is 0 Å². The molecule has 0 saturated carbocycles. The molecule has 26 heavy (non-hydrogen) atoms. The van der Waals surface area contributed by atoms with Crippen LogP contribution in [0.5, 0.6) is 0 Å². The Morgan fingerprint density at radius 1 is 1.08 bits per heavy atom. The smallest absolute Gasteiger partial charge is 0.336 e. The number of aromatic carboxylic acids is 2. The van der Waals surface area contributed by atoms with Gasteiger partial charge in [-0.1, -0.05) is 25.1 Å². The molecule has 0 spiro atoms. The third-order valence-corrected chi connectivity index (χ3v) is 5.26. The molecule has 0 bridgehead atoms. The van der Waals surface area contributed by atoms with Gasteiger partial charge in [-0.25, -0.2) is 9.59 Å². The van der Waals surface area contributed by atoms with Crippen LogP contribution in [0.2, 0.25) is 0 Å². The molecule has 7 heteroatoms. The van der Waals surface area contributed by atoms with Gasteiger partial charge in [0.2, 0.25) is 5.79 Å². The van der Waals surface area contributed by atoms with E-state index in [9.17, 15) is 14.7 Å². The van der Waals surface area contributed by atoms with Crippen LogP contribution in [0.1, 0.15) is 50.1 Å². The molecule has 0 radical (unpaired) electrons. The minimum Gasteiger partial charge on any atom is -0.478 e. The highest BCUT2D eigenvalue weighted by Crippen LogP contribution is 2.38. The average Bonchev–Trinajstić information content (AvgIpc) is 3.29. The monoisotopic (exact) mass is 374 g/mol. The van der Waals surface area contributed by atoms with Crippen molar-refractivity contribution in [2.45, 2.75) is 19.1 Å². The van der Waals surface area contributed by atoms with E-state index in [1.54, 1.807) is 23.5 Å². The molecule has 2 aromatic rings. The van der Waals surface area contributed by atoms with Gasteiger partial charge in [0.15, 0.2) is 0 Å². The Labute approximate surface area is 154 Å². The van der Waals surface area contributed by atoms with E-state index >= 15 is 0 Å². The molecule has 0 unspecified atom stereocenters. The summed E-state index contributed by atoms with van der Waals surface area (Å²) in [6.45, 7) is 3.16. The first-order chi connectivity index (χ1) is 12.4. The molecule has 136 valence electrons. The van der Waals surface area contributed by atoms with E-state index in [0.29, 0.717) is 18.8 Å². The van der Waals surface area contributed by atoms with Gasteiger partial charge in [0.05, 0.1) is 29.2 Å². The number of rotatable bonds is 6. The van der Waals surface area contributed by atoms with E-state index in [0.717, 1.165) is 16.9 Å². The minimum atomic E-state index is -1.27. The van der Waals surface area contributed by atoms with Crippen LogP contribution in [0, 0.1) is 0 Å². The van der Waals surface area contributed by atoms with Crippen molar-refractivity contribution in [1.29, 1.82) is 0 Å². The van der Waals surface area contributed by atoms with Gasteiger partial charge in [0.1, 0.15) is 0 Å². The zero-order chi connectivity index (χ0) is 18.7. The van der Waals surface area contributed by atoms with Crippen LogP contribution < -0.4 is 0 Å². The van der Waals surface area contributed by atoms with Crippen molar-refractivity contribution >= 4 is 35.4 Å². The van der Waals surface area contributed by atoms with E-state index < -0.39 is 17.7 Å². The van der Waals surface area contributed by atoms with Crippen LogP contribution in [0.4, 0.5) is 0 Å². The van der Waals surface area contributed by atoms with E-state index in [-0.39, 0.29) is 11.1 Å². The standard InChI is InChI=1S/C19H18O6S/c1-2-19(24-7-8-25-19)16-10-13(11-26-16)4-3-12-5-6-14(17(20)21)15(9-12)18(22)23/h3-6,9-11H,2,7-8H2,1H3,(H,20,21)(H,22,23). The van der Waals surface area contributed by atoms with Crippen molar-refractivity contribution in [2.75, 3.05) is 13.2 Å². The summed E-state index contributed by atoms with van der Waals surface area (Å²) in [6.07, 6.45) is 4.31. The predicted molar refractivity (Wildman–Crippen MR) is 97.5 cm³/mol. The molecule has 1 fully saturated rings. The van der Waals surface area contributed by atoms with Gasteiger partial charge in [0.25, 0.3) is 0 Å². The molecule has 0 aliphatic carbocycles. The molecule has 0 amide bonds. The third-order valence-electron chi connectivity index (χ3n) is 4.19. The molecule has 2 N–H and O–H groups in total. The highest BCUT2D eigenvalue weighted by molar-refractivity contribution is 7.10. The lowest BCUT2D eigenvalue weighted by molar-refractivity contribution is -0.164. The minimum absolute atomic E-state index is 0.229. The normalized spacial score (nSPS) is 16.2. The fraction of sp³-hybridized carbons (Fsp3) is 0.263. The Bertz CT molecular complexity index is 861. The zero-order valence-corrected chi connectivity index (χ0v) is 14.9. The molecule has 1 aromatic heterocycles. The first-order valence-electron chi connectivity index (χ1n) is 8.11. The maximum absolute atomic E-state index is 11.3. The first kappa shape index (κ1) is 18.3. The topological polar surface area (TPSA) is 93.1 Å². The lowest BCUT2D eigenvalue weighted by Gasteiger charge is -2.24. The summed E-state index contributed by atoms with van der Waals surface area (Å²) in [4.78, 5) is 23.3. The molecule has 1 aliphatic rings. The number of carboxylic acid groups (broad SMARTS) is 2. The lowest BCUT2D eigenvalue weighted by atomic mass is 10.0. The molecular weight excluding hydrogens is 356 g/mol. The van der Waals surface area contributed by atoms with Crippen LogP contribution >= 0.6 is 11.3 Å². The van der Waals surface area contributed by atoms with Crippen LogP contribution in [-0.2, 0) is 15.3 Å². The maximum Gasteiger partial charge on any atom is 0.336 e. The Hall–Kier alpha value is -2.48. The van der Waals surface area contributed by atoms with Crippen molar-refractivity contribution < 1.29 is 29.3 Å². The fourth-order valence-corrected chi connectivity index (χ4v) is 3.89. The molecular formula is C19H18O6S. The number of benzene rings is 1. The van der Waals surface area contributed by atoms with Crippen molar-refractivity contribution in [3.05, 3.63) is 56.8 Å². The van der Waals surface area contributed by atoms with Gasteiger partial charge < -0.3 is 19.7 Å². The number of ether oxygens (including phenoxy) is 2. The van der Waals surface area contributed by atoms with Crippen LogP contribution in [-0.4, -0.2) is 35.4 Å². The molecule has 3 rings (SSSR count). The number of thiophene rings is 1. The van der Waals surface area contributed by atoms with E-state index in [4.69, 9.17) is 14.6 Å². The lowest BCUT2D eigenvalue weighted by Crippen LogP contribution is -2.24. The van der Waals surface area contributed by atoms with Crippen molar-refractivity contribution in [3.8, 4) is 0 Å². The maximum atomic E-state index is 11.3. The van der Waals surface area contributed by atoms with Gasteiger partial charge in [-0.15, -0.1) is 11.3 Å². The van der Waals surface area contributed by atoms with Gasteiger partial charge >= 0.3 is 11.9 Å². The summed E-state index contributed by atoms with van der Waals surface area (Å²) in [5.74, 6) is -3.20. The molecule has 1 aliphatic heterocycles. The second-order valence-corrected chi connectivity index (χ2v) is 6.71. The van der Waals surface area contributed by atoms with Gasteiger partial charge in [-0.3, -0.25) is 0 Å². The van der Waals surface area contributed by atoms with E-state index in [1.165, 1.54) is 12.1 Å². The van der Waals surface area contributed by atoms with Crippen molar-refractivity contribution in [3.63, 3.8) is 0 Å². The van der Waals surface area contributed by atoms with Gasteiger partial charge in [-0.2, -0.15) is 0 Å². The van der Waals surface area contributed by atoms with E-state index in [2.05, 4.69) is 0 Å². The van der Waals surface area contributed by atoms with Crippen LogP contribution in [0.3, 0.4) is 0 Å². The number of hydrogen-bond donors (Lipinski definition) is 2. The Morgan fingerprint density at radius 2 is 1.73 bits per heavy atom. The Kier molecular flexibility index (Phi) is 5.22. The zero-order valence-electron chi connectivity index (χ0n) is 14.1. The predicted octanol–water partition coefficient (Wildman–Crippen LogP) is 3.92. The van der Waals surface area contributed by atoms with Crippen molar-refractivity contribution in [2.24, 2.45) is 0 Å². The van der Waals surface area contributed by atoms with Gasteiger partial charge in [-0.05, 0) is 34.7 Å². The first-order valence-corrected chi connectivity index (χ1v) is 8.99. The Morgan fingerprint density at radius 3 is 2.35 bits per heavy atom. The number of hydrogen-bond acceptors (Lipinski definition) is 5. The summed E-state index contributed by atoms with van der Waals surface area (Å²) in [5, 5.41) is 20.2. The average molecular weight is 374 g/mol. The summed E-state index contributed by atoms with van der Waals surface area (Å²) in [7, 11) is 0. The largest absolute Gasteiger partial charge is 0.478 e. The molecule has 6 nitrogen and oxygen atoms in total. The summed E-state index contributed by atoms with van der Waals surface area (Å²) in [5.41, 5.74) is 1.09.